The summed E-state index contributed by atoms with van der Waals surface area (Å²) >= 11 is 0. The number of nitrogen functional groups attached to an aromatic ring is 1. The molecule has 0 saturated carbocycles. The van der Waals surface area contributed by atoms with Crippen molar-refractivity contribution < 1.29 is 4.39 Å². The van der Waals surface area contributed by atoms with E-state index in [1.54, 1.807) is 12.1 Å². The van der Waals surface area contributed by atoms with Gasteiger partial charge in [-0.3, -0.25) is 0 Å². The highest BCUT2D eigenvalue weighted by Crippen LogP contribution is 2.21. The number of hydrogen-bond donors (Lipinski definition) is 3. The molecule has 5 nitrogen and oxygen atoms in total. The van der Waals surface area contributed by atoms with Gasteiger partial charge in [0.05, 0.1) is 5.69 Å². The van der Waals surface area contributed by atoms with Crippen LogP contribution in [0.5, 0.6) is 0 Å². The molecule has 3 rings (SSSR count). The molecule has 1 aromatic heterocycles. The number of halogens is 1. The Labute approximate surface area is 110 Å². The van der Waals surface area contributed by atoms with Gasteiger partial charge in [-0.1, -0.05) is 0 Å². The minimum Gasteiger partial charge on any atom is -0.383 e. The van der Waals surface area contributed by atoms with E-state index in [-0.39, 0.29) is 5.82 Å². The molecule has 0 radical (unpaired) electrons. The van der Waals surface area contributed by atoms with E-state index in [1.165, 1.54) is 12.1 Å². The Morgan fingerprint density at radius 2 is 2.00 bits per heavy atom. The maximum absolute atomic E-state index is 12.8. The fraction of sp³-hybridized carbons (Fsp3) is 0.231. The van der Waals surface area contributed by atoms with Gasteiger partial charge < -0.3 is 16.4 Å². The van der Waals surface area contributed by atoms with Crippen molar-refractivity contribution in [1.82, 2.24) is 15.3 Å². The van der Waals surface area contributed by atoms with Gasteiger partial charge in [0.2, 0.25) is 5.95 Å². The zero-order valence-corrected chi connectivity index (χ0v) is 10.3. The van der Waals surface area contributed by atoms with Crippen LogP contribution in [0.4, 0.5) is 21.8 Å². The van der Waals surface area contributed by atoms with Gasteiger partial charge in [-0.15, -0.1) is 0 Å². The van der Waals surface area contributed by atoms with Crippen LogP contribution in [0.1, 0.15) is 11.3 Å². The fourth-order valence-electron chi connectivity index (χ4n) is 2.11. The van der Waals surface area contributed by atoms with Gasteiger partial charge in [-0.05, 0) is 37.2 Å². The van der Waals surface area contributed by atoms with E-state index in [1.807, 2.05) is 0 Å². The van der Waals surface area contributed by atoms with Gasteiger partial charge in [0.25, 0.3) is 0 Å². The molecule has 19 heavy (non-hydrogen) atoms. The lowest BCUT2D eigenvalue weighted by molar-refractivity contribution is 0.626. The molecule has 2 heterocycles. The third-order valence-corrected chi connectivity index (χ3v) is 3.07. The maximum atomic E-state index is 12.8. The van der Waals surface area contributed by atoms with Crippen LogP contribution in [0.25, 0.3) is 0 Å². The number of aromatic nitrogens is 2. The summed E-state index contributed by atoms with van der Waals surface area (Å²) in [5.41, 5.74) is 8.60. The number of nitrogens with one attached hydrogen (secondary N) is 2. The first-order chi connectivity index (χ1) is 9.22. The topological polar surface area (TPSA) is 75.9 Å². The highest BCUT2D eigenvalue weighted by atomic mass is 19.1. The predicted molar refractivity (Wildman–Crippen MR) is 71.5 cm³/mol. The van der Waals surface area contributed by atoms with Crippen LogP contribution in [0.3, 0.4) is 0 Å². The fourth-order valence-corrected chi connectivity index (χ4v) is 2.11. The highest BCUT2D eigenvalue weighted by molar-refractivity contribution is 5.56. The molecule has 0 unspecified atom stereocenters. The summed E-state index contributed by atoms with van der Waals surface area (Å²) in [4.78, 5) is 8.67. The zero-order chi connectivity index (χ0) is 13.2. The molecule has 0 saturated heterocycles. The summed E-state index contributed by atoms with van der Waals surface area (Å²) in [6.45, 7) is 1.59. The van der Waals surface area contributed by atoms with Crippen molar-refractivity contribution in [2.45, 2.75) is 13.0 Å². The molecule has 0 atom stereocenters. The third-order valence-electron chi connectivity index (χ3n) is 3.07. The van der Waals surface area contributed by atoms with Gasteiger partial charge in [0.1, 0.15) is 11.6 Å². The molecule has 0 aliphatic carbocycles. The van der Waals surface area contributed by atoms with Crippen molar-refractivity contribution in [3.8, 4) is 0 Å². The van der Waals surface area contributed by atoms with Gasteiger partial charge in [0.15, 0.2) is 0 Å². The molecule has 2 aromatic rings. The minimum atomic E-state index is -0.277. The van der Waals surface area contributed by atoms with Crippen molar-refractivity contribution in [2.75, 3.05) is 17.6 Å². The number of benzene rings is 1. The summed E-state index contributed by atoms with van der Waals surface area (Å²) in [6, 6.07) is 6.02. The lowest BCUT2D eigenvalue weighted by Gasteiger charge is -2.18. The Kier molecular flexibility index (Phi) is 3.00. The van der Waals surface area contributed by atoms with Gasteiger partial charge in [-0.2, -0.15) is 4.98 Å². The number of rotatable bonds is 2. The number of fused-ring (bicyclic) bond motifs is 1. The summed E-state index contributed by atoms with van der Waals surface area (Å²) in [5.74, 6) is 0.670. The smallest absolute Gasteiger partial charge is 0.229 e. The van der Waals surface area contributed by atoms with Crippen molar-refractivity contribution in [1.29, 1.82) is 0 Å². The lowest BCUT2D eigenvalue weighted by Crippen LogP contribution is -2.26. The van der Waals surface area contributed by atoms with Crippen LogP contribution in [0.15, 0.2) is 24.3 Å². The molecule has 0 spiro atoms. The molecule has 6 heteroatoms. The van der Waals surface area contributed by atoms with E-state index < -0.39 is 0 Å². The first-order valence-electron chi connectivity index (χ1n) is 6.11. The molecular formula is C13H14FN5. The predicted octanol–water partition coefficient (Wildman–Crippen LogP) is 1.59. The van der Waals surface area contributed by atoms with E-state index in [9.17, 15) is 4.39 Å². The van der Waals surface area contributed by atoms with E-state index in [0.717, 1.165) is 29.9 Å². The molecular weight excluding hydrogens is 245 g/mol. The van der Waals surface area contributed by atoms with E-state index >= 15 is 0 Å². The second-order valence-electron chi connectivity index (χ2n) is 4.42. The van der Waals surface area contributed by atoms with Gasteiger partial charge >= 0.3 is 0 Å². The number of nitrogens with zero attached hydrogens (tertiary/aromatic N) is 2. The molecule has 1 aromatic carbocycles. The normalized spacial score (nSPS) is 13.9. The lowest BCUT2D eigenvalue weighted by atomic mass is 10.1. The largest absolute Gasteiger partial charge is 0.383 e. The van der Waals surface area contributed by atoms with Crippen LogP contribution < -0.4 is 16.4 Å². The minimum absolute atomic E-state index is 0.277. The summed E-state index contributed by atoms with van der Waals surface area (Å²) in [5, 5.41) is 6.27. The summed E-state index contributed by atoms with van der Waals surface area (Å²) < 4.78 is 12.8. The average molecular weight is 259 g/mol. The second-order valence-corrected chi connectivity index (χ2v) is 4.42. The number of anilines is 3. The summed E-state index contributed by atoms with van der Waals surface area (Å²) in [7, 11) is 0. The van der Waals surface area contributed by atoms with Crippen molar-refractivity contribution in [3.05, 3.63) is 41.3 Å². The Hall–Kier alpha value is -2.21. The van der Waals surface area contributed by atoms with Crippen LogP contribution in [0.2, 0.25) is 0 Å². The summed E-state index contributed by atoms with van der Waals surface area (Å²) in [6.07, 6.45) is 0.845. The van der Waals surface area contributed by atoms with Crippen LogP contribution in [-0.4, -0.2) is 16.5 Å². The quantitative estimate of drug-likeness (QED) is 0.763. The van der Waals surface area contributed by atoms with Gasteiger partial charge in [-0.25, -0.2) is 9.37 Å². The van der Waals surface area contributed by atoms with E-state index in [2.05, 4.69) is 20.6 Å². The van der Waals surface area contributed by atoms with E-state index in [0.29, 0.717) is 18.3 Å². The van der Waals surface area contributed by atoms with Crippen molar-refractivity contribution in [2.24, 2.45) is 0 Å². The molecule has 4 N–H and O–H groups in total. The first-order valence-corrected chi connectivity index (χ1v) is 6.11. The van der Waals surface area contributed by atoms with Crippen molar-refractivity contribution >= 4 is 17.5 Å². The van der Waals surface area contributed by atoms with Crippen LogP contribution >= 0.6 is 0 Å². The molecule has 98 valence electrons. The molecule has 1 aliphatic rings. The first kappa shape index (κ1) is 11.9. The second kappa shape index (κ2) is 4.81. The molecule has 0 amide bonds. The van der Waals surface area contributed by atoms with Crippen molar-refractivity contribution in [3.63, 3.8) is 0 Å². The average Bonchev–Trinajstić information content (AvgIpc) is 2.42. The standard InChI is InChI=1S/C13H14FN5/c14-8-1-3-9(4-2-8)17-13-18-11-7-16-6-5-10(11)12(15)19-13/h1-4,16H,5-7H2,(H3,15,17,18,19). The van der Waals surface area contributed by atoms with E-state index in [4.69, 9.17) is 5.73 Å². The Morgan fingerprint density at radius 1 is 1.21 bits per heavy atom. The number of hydrogen-bond acceptors (Lipinski definition) is 5. The highest BCUT2D eigenvalue weighted by Gasteiger charge is 2.15. The molecule has 0 fully saturated rings. The zero-order valence-electron chi connectivity index (χ0n) is 10.3. The SMILES string of the molecule is Nc1nc(Nc2ccc(F)cc2)nc2c1CCNC2. The van der Waals surface area contributed by atoms with Gasteiger partial charge in [0, 0.05) is 17.8 Å². The van der Waals surface area contributed by atoms with Crippen LogP contribution in [0, 0.1) is 5.82 Å². The number of nitrogens with two attached hydrogens (primary N) is 1. The Morgan fingerprint density at radius 3 is 2.79 bits per heavy atom. The Bertz CT molecular complexity index is 597. The molecule has 0 bridgehead atoms. The maximum Gasteiger partial charge on any atom is 0.229 e. The monoisotopic (exact) mass is 259 g/mol. The Balaban J connectivity index is 1.89. The van der Waals surface area contributed by atoms with Crippen LogP contribution in [-0.2, 0) is 13.0 Å². The third kappa shape index (κ3) is 2.48. The molecule has 1 aliphatic heterocycles.